The molecule has 0 aliphatic carbocycles. The maximum atomic E-state index is 6.13. The molecule has 4 heteroatoms. The van der Waals surface area contributed by atoms with Gasteiger partial charge in [-0.1, -0.05) is 12.1 Å². The summed E-state index contributed by atoms with van der Waals surface area (Å²) in [5.41, 5.74) is 9.55. The van der Waals surface area contributed by atoms with E-state index in [9.17, 15) is 0 Å². The molecular weight excluding hydrogens is 224 g/mol. The molecule has 2 aromatic rings. The first-order valence-corrected chi connectivity index (χ1v) is 6.58. The van der Waals surface area contributed by atoms with Crippen molar-refractivity contribution >= 4 is 17.0 Å². The number of likely N-dealkylation sites (tertiary alicyclic amines) is 1. The van der Waals surface area contributed by atoms with Gasteiger partial charge in [0.05, 0.1) is 11.0 Å². The molecule has 0 spiro atoms. The van der Waals surface area contributed by atoms with Crippen molar-refractivity contribution in [3.8, 4) is 0 Å². The molecular formula is C14H20N4. The summed E-state index contributed by atoms with van der Waals surface area (Å²) in [6.45, 7) is 4.33. The van der Waals surface area contributed by atoms with Crippen LogP contribution >= 0.6 is 0 Å². The van der Waals surface area contributed by atoms with Crippen molar-refractivity contribution in [2.75, 3.05) is 25.9 Å². The lowest BCUT2D eigenvalue weighted by Crippen LogP contribution is -2.33. The van der Waals surface area contributed by atoms with Crippen LogP contribution in [0.3, 0.4) is 0 Å². The highest BCUT2D eigenvalue weighted by molar-refractivity contribution is 5.81. The normalized spacial score (nSPS) is 21.6. The molecule has 1 aliphatic rings. The fourth-order valence-corrected chi connectivity index (χ4v) is 3.01. The molecule has 1 aliphatic heterocycles. The highest BCUT2D eigenvalue weighted by Gasteiger charge is 2.22. The maximum Gasteiger partial charge on any atom is 0.201 e. The molecule has 1 unspecified atom stereocenters. The van der Waals surface area contributed by atoms with Gasteiger partial charge >= 0.3 is 0 Å². The van der Waals surface area contributed by atoms with Crippen molar-refractivity contribution in [1.29, 1.82) is 0 Å². The predicted molar refractivity (Wildman–Crippen MR) is 74.7 cm³/mol. The van der Waals surface area contributed by atoms with Crippen LogP contribution in [0.4, 0.5) is 5.95 Å². The van der Waals surface area contributed by atoms with E-state index in [-0.39, 0.29) is 0 Å². The number of piperidine rings is 1. The molecule has 2 heterocycles. The van der Waals surface area contributed by atoms with Crippen molar-refractivity contribution in [1.82, 2.24) is 14.5 Å². The first kappa shape index (κ1) is 11.5. The highest BCUT2D eigenvalue weighted by Crippen LogP contribution is 2.29. The largest absolute Gasteiger partial charge is 0.369 e. The zero-order valence-corrected chi connectivity index (χ0v) is 11.1. The molecule has 2 N–H and O–H groups in total. The lowest BCUT2D eigenvalue weighted by Gasteiger charge is -2.31. The minimum atomic E-state index is 0.454. The van der Waals surface area contributed by atoms with E-state index in [4.69, 9.17) is 5.73 Å². The smallest absolute Gasteiger partial charge is 0.201 e. The summed E-state index contributed by atoms with van der Waals surface area (Å²) in [6, 6.07) is 6.75. The van der Waals surface area contributed by atoms with Crippen molar-refractivity contribution in [2.45, 2.75) is 25.8 Å². The van der Waals surface area contributed by atoms with Gasteiger partial charge in [-0.15, -0.1) is 0 Å². The average Bonchev–Trinajstić information content (AvgIpc) is 2.67. The number of hydrogen-bond donors (Lipinski definition) is 1. The van der Waals surface area contributed by atoms with Gasteiger partial charge in [-0.25, -0.2) is 4.98 Å². The number of rotatable bonds is 1. The summed E-state index contributed by atoms with van der Waals surface area (Å²) in [7, 11) is 2.17. The van der Waals surface area contributed by atoms with E-state index in [0.29, 0.717) is 12.0 Å². The van der Waals surface area contributed by atoms with Gasteiger partial charge in [-0.05, 0) is 45.0 Å². The van der Waals surface area contributed by atoms with Crippen LogP contribution in [0.2, 0.25) is 0 Å². The van der Waals surface area contributed by atoms with Crippen molar-refractivity contribution in [2.24, 2.45) is 0 Å². The number of nitrogens with two attached hydrogens (primary N) is 1. The van der Waals surface area contributed by atoms with Crippen LogP contribution in [-0.2, 0) is 0 Å². The maximum absolute atomic E-state index is 6.13. The molecule has 96 valence electrons. The van der Waals surface area contributed by atoms with E-state index in [1.807, 2.05) is 0 Å². The highest BCUT2D eigenvalue weighted by atomic mass is 15.2. The SMILES string of the molecule is Cc1cccc2c1nc(N)n2C1CCCN(C)C1. The van der Waals surface area contributed by atoms with Crippen LogP contribution in [0.15, 0.2) is 18.2 Å². The predicted octanol–water partition coefficient (Wildman–Crippen LogP) is 2.19. The summed E-state index contributed by atoms with van der Waals surface area (Å²) in [5, 5.41) is 0. The lowest BCUT2D eigenvalue weighted by molar-refractivity contribution is 0.216. The monoisotopic (exact) mass is 244 g/mol. The standard InChI is InChI=1S/C14H20N4/c1-10-5-3-7-12-13(10)16-14(15)18(12)11-6-4-8-17(2)9-11/h3,5,7,11H,4,6,8-9H2,1-2H3,(H2,15,16). The van der Waals surface area contributed by atoms with Gasteiger partial charge in [-0.2, -0.15) is 0 Å². The Morgan fingerprint density at radius 1 is 1.39 bits per heavy atom. The number of aromatic nitrogens is 2. The van der Waals surface area contributed by atoms with E-state index < -0.39 is 0 Å². The fraction of sp³-hybridized carbons (Fsp3) is 0.500. The van der Waals surface area contributed by atoms with Gasteiger partial charge in [0.25, 0.3) is 0 Å². The molecule has 3 rings (SSSR count). The zero-order valence-electron chi connectivity index (χ0n) is 11.1. The molecule has 0 bridgehead atoms. The molecule has 1 atom stereocenters. The van der Waals surface area contributed by atoms with Crippen LogP contribution in [0.1, 0.15) is 24.4 Å². The topological polar surface area (TPSA) is 47.1 Å². The number of hydrogen-bond acceptors (Lipinski definition) is 3. The second-order valence-corrected chi connectivity index (χ2v) is 5.34. The van der Waals surface area contributed by atoms with Gasteiger partial charge in [0.1, 0.15) is 0 Å². The minimum Gasteiger partial charge on any atom is -0.369 e. The quantitative estimate of drug-likeness (QED) is 0.836. The zero-order chi connectivity index (χ0) is 12.7. The number of likely N-dealkylation sites (N-methyl/N-ethyl adjacent to an activating group) is 1. The Morgan fingerprint density at radius 3 is 3.00 bits per heavy atom. The van der Waals surface area contributed by atoms with Crippen LogP contribution < -0.4 is 5.73 Å². The second kappa shape index (κ2) is 4.28. The van der Waals surface area contributed by atoms with Crippen LogP contribution in [0.5, 0.6) is 0 Å². The first-order valence-electron chi connectivity index (χ1n) is 6.58. The minimum absolute atomic E-state index is 0.454. The molecule has 0 amide bonds. The number of nitrogens with zero attached hydrogens (tertiary/aromatic N) is 3. The Morgan fingerprint density at radius 2 is 2.22 bits per heavy atom. The van der Waals surface area contributed by atoms with E-state index in [1.165, 1.54) is 30.5 Å². The van der Waals surface area contributed by atoms with Gasteiger partial charge in [-0.3, -0.25) is 0 Å². The van der Waals surface area contributed by atoms with Gasteiger partial charge in [0.2, 0.25) is 5.95 Å². The van der Waals surface area contributed by atoms with Crippen molar-refractivity contribution in [3.63, 3.8) is 0 Å². The van der Waals surface area contributed by atoms with E-state index >= 15 is 0 Å². The number of benzene rings is 1. The second-order valence-electron chi connectivity index (χ2n) is 5.34. The number of fused-ring (bicyclic) bond motifs is 1. The summed E-state index contributed by atoms with van der Waals surface area (Å²) < 4.78 is 2.22. The number of imidazole rings is 1. The molecule has 0 saturated carbocycles. The molecule has 1 aromatic carbocycles. The summed E-state index contributed by atoms with van der Waals surface area (Å²) >= 11 is 0. The third kappa shape index (κ3) is 1.77. The molecule has 1 saturated heterocycles. The Balaban J connectivity index is 2.10. The van der Waals surface area contributed by atoms with Crippen LogP contribution in [-0.4, -0.2) is 34.6 Å². The molecule has 4 nitrogen and oxygen atoms in total. The summed E-state index contributed by atoms with van der Waals surface area (Å²) in [5.74, 6) is 0.652. The van der Waals surface area contributed by atoms with E-state index in [0.717, 1.165) is 12.1 Å². The molecule has 0 radical (unpaired) electrons. The van der Waals surface area contributed by atoms with Gasteiger partial charge < -0.3 is 15.2 Å². The van der Waals surface area contributed by atoms with Gasteiger partial charge in [0, 0.05) is 12.6 Å². The Kier molecular flexibility index (Phi) is 2.74. The third-order valence-electron chi connectivity index (χ3n) is 3.91. The Bertz CT molecular complexity index is 572. The average molecular weight is 244 g/mol. The lowest BCUT2D eigenvalue weighted by atomic mass is 10.1. The van der Waals surface area contributed by atoms with E-state index in [1.54, 1.807) is 0 Å². The summed E-state index contributed by atoms with van der Waals surface area (Å²) in [4.78, 5) is 6.91. The number of anilines is 1. The molecule has 18 heavy (non-hydrogen) atoms. The Labute approximate surface area is 107 Å². The number of nitrogen functional groups attached to an aromatic ring is 1. The van der Waals surface area contributed by atoms with Crippen LogP contribution in [0, 0.1) is 6.92 Å². The summed E-state index contributed by atoms with van der Waals surface area (Å²) in [6.07, 6.45) is 2.42. The Hall–Kier alpha value is -1.55. The third-order valence-corrected chi connectivity index (χ3v) is 3.91. The first-order chi connectivity index (χ1) is 8.66. The number of para-hydroxylation sites is 1. The molecule has 1 fully saturated rings. The van der Waals surface area contributed by atoms with Gasteiger partial charge in [0.15, 0.2) is 0 Å². The van der Waals surface area contributed by atoms with E-state index in [2.05, 4.69) is 46.6 Å². The van der Waals surface area contributed by atoms with Crippen molar-refractivity contribution in [3.05, 3.63) is 23.8 Å². The molecule has 1 aromatic heterocycles. The van der Waals surface area contributed by atoms with Crippen molar-refractivity contribution < 1.29 is 0 Å². The fourth-order valence-electron chi connectivity index (χ4n) is 3.01. The van der Waals surface area contributed by atoms with Crippen LogP contribution in [0.25, 0.3) is 11.0 Å². The number of aryl methyl sites for hydroxylation is 1.